The summed E-state index contributed by atoms with van der Waals surface area (Å²) in [6.07, 6.45) is 3.96. The molecule has 196 valence electrons. The standard InChI is InChI=1S/C27H47NO6/c1-14(28)18-9-12-27(32)20-6-5-16-13-17(34-24-23(31)22(30)21(29)15(2)33-24)7-10-25(16,3)19(20)8-11-26(18,27)4/h14-24,29-32H,5-13,28H2,1-4H3/t14-,15+,16-,17+,18-,19+,20-,21+,22-,23-,24+,25+,26-,27+/m1/s1. The van der Waals surface area contributed by atoms with Gasteiger partial charge in [0.1, 0.15) is 18.3 Å². The minimum atomic E-state index is -1.26. The third-order valence-corrected chi connectivity index (χ3v) is 11.6. The highest BCUT2D eigenvalue weighted by molar-refractivity contribution is 5.17. The predicted octanol–water partition coefficient (Wildman–Crippen LogP) is 2.32. The number of fused-ring (bicyclic) bond motifs is 5. The van der Waals surface area contributed by atoms with Crippen molar-refractivity contribution in [3.05, 3.63) is 0 Å². The normalized spacial score (nSPS) is 58.5. The fourth-order valence-corrected chi connectivity index (χ4v) is 9.51. The van der Waals surface area contributed by atoms with Gasteiger partial charge in [-0.05, 0) is 101 Å². The molecule has 4 saturated carbocycles. The number of ether oxygens (including phenoxy) is 2. The van der Waals surface area contributed by atoms with E-state index >= 15 is 0 Å². The molecule has 0 aromatic carbocycles. The molecular formula is C27H47NO6. The Morgan fingerprint density at radius 1 is 0.912 bits per heavy atom. The molecule has 0 spiro atoms. The molecule has 5 fully saturated rings. The van der Waals surface area contributed by atoms with Gasteiger partial charge in [-0.15, -0.1) is 0 Å². The van der Waals surface area contributed by atoms with Crippen LogP contribution in [-0.4, -0.2) is 68.9 Å². The number of hydrogen-bond donors (Lipinski definition) is 5. The molecule has 7 nitrogen and oxygen atoms in total. The van der Waals surface area contributed by atoms with E-state index < -0.39 is 36.3 Å². The van der Waals surface area contributed by atoms with E-state index in [0.717, 1.165) is 57.8 Å². The van der Waals surface area contributed by atoms with E-state index in [1.165, 1.54) is 0 Å². The molecule has 6 N–H and O–H groups in total. The molecule has 0 unspecified atom stereocenters. The maximum atomic E-state index is 12.2. The van der Waals surface area contributed by atoms with Crippen LogP contribution in [0.4, 0.5) is 0 Å². The highest BCUT2D eigenvalue weighted by atomic mass is 16.7. The summed E-state index contributed by atoms with van der Waals surface area (Å²) in [5, 5.41) is 42.7. The fraction of sp³-hybridized carbons (Fsp3) is 1.00. The van der Waals surface area contributed by atoms with Crippen molar-refractivity contribution < 1.29 is 29.9 Å². The lowest BCUT2D eigenvalue weighted by Gasteiger charge is -2.64. The topological polar surface area (TPSA) is 125 Å². The van der Waals surface area contributed by atoms with Crippen molar-refractivity contribution >= 4 is 0 Å². The van der Waals surface area contributed by atoms with Crippen molar-refractivity contribution in [3.63, 3.8) is 0 Å². The van der Waals surface area contributed by atoms with Gasteiger partial charge in [0.25, 0.3) is 0 Å². The first-order valence-corrected chi connectivity index (χ1v) is 13.8. The Balaban J connectivity index is 1.29. The molecule has 14 atom stereocenters. The average molecular weight is 482 g/mol. The molecular weight excluding hydrogens is 434 g/mol. The third kappa shape index (κ3) is 3.56. The number of nitrogens with two attached hydrogens (primary N) is 1. The van der Waals surface area contributed by atoms with E-state index in [4.69, 9.17) is 15.2 Å². The molecule has 1 aliphatic heterocycles. The molecule has 5 rings (SSSR count). The molecule has 0 aromatic rings. The number of rotatable bonds is 3. The van der Waals surface area contributed by atoms with Crippen molar-refractivity contribution in [2.45, 2.75) is 134 Å². The Morgan fingerprint density at radius 2 is 1.65 bits per heavy atom. The van der Waals surface area contributed by atoms with Crippen LogP contribution in [0.15, 0.2) is 0 Å². The number of aliphatic hydroxyl groups is 4. The number of aliphatic hydroxyl groups excluding tert-OH is 3. The van der Waals surface area contributed by atoms with Crippen LogP contribution in [0.3, 0.4) is 0 Å². The molecule has 34 heavy (non-hydrogen) atoms. The van der Waals surface area contributed by atoms with Crippen molar-refractivity contribution in [2.24, 2.45) is 40.2 Å². The minimum Gasteiger partial charge on any atom is -0.389 e. The first-order chi connectivity index (χ1) is 15.9. The Morgan fingerprint density at radius 3 is 2.35 bits per heavy atom. The molecule has 0 aromatic heterocycles. The second kappa shape index (κ2) is 8.64. The van der Waals surface area contributed by atoms with Crippen molar-refractivity contribution in [1.29, 1.82) is 0 Å². The molecule has 4 aliphatic carbocycles. The lowest BCUT2D eigenvalue weighted by atomic mass is 9.43. The van der Waals surface area contributed by atoms with Gasteiger partial charge >= 0.3 is 0 Å². The van der Waals surface area contributed by atoms with Crippen LogP contribution >= 0.6 is 0 Å². The van der Waals surface area contributed by atoms with Crippen molar-refractivity contribution in [1.82, 2.24) is 0 Å². The van der Waals surface area contributed by atoms with Gasteiger partial charge in [-0.2, -0.15) is 0 Å². The van der Waals surface area contributed by atoms with Crippen LogP contribution in [-0.2, 0) is 9.47 Å². The molecule has 0 amide bonds. The van der Waals surface area contributed by atoms with E-state index in [1.807, 2.05) is 0 Å². The quantitative estimate of drug-likeness (QED) is 0.392. The highest BCUT2D eigenvalue weighted by Gasteiger charge is 2.67. The van der Waals surface area contributed by atoms with Gasteiger partial charge in [-0.25, -0.2) is 0 Å². The van der Waals surface area contributed by atoms with Crippen molar-refractivity contribution in [2.75, 3.05) is 0 Å². The van der Waals surface area contributed by atoms with Crippen LogP contribution < -0.4 is 5.73 Å². The Kier molecular flexibility index (Phi) is 6.45. The molecule has 0 radical (unpaired) electrons. The van der Waals surface area contributed by atoms with Gasteiger partial charge in [0.15, 0.2) is 6.29 Å². The van der Waals surface area contributed by atoms with Gasteiger partial charge in [-0.3, -0.25) is 0 Å². The van der Waals surface area contributed by atoms with E-state index in [-0.39, 0.29) is 23.0 Å². The van der Waals surface area contributed by atoms with Gasteiger partial charge in [-0.1, -0.05) is 13.8 Å². The van der Waals surface area contributed by atoms with Crippen LogP contribution in [0.1, 0.15) is 85.5 Å². The van der Waals surface area contributed by atoms with E-state index in [1.54, 1.807) is 6.92 Å². The fourth-order valence-electron chi connectivity index (χ4n) is 9.51. The monoisotopic (exact) mass is 481 g/mol. The zero-order chi connectivity index (χ0) is 24.6. The summed E-state index contributed by atoms with van der Waals surface area (Å²) >= 11 is 0. The minimum absolute atomic E-state index is 0.0326. The van der Waals surface area contributed by atoms with Gasteiger partial charge in [0.05, 0.1) is 17.8 Å². The molecule has 1 heterocycles. The number of hydrogen-bond acceptors (Lipinski definition) is 7. The van der Waals surface area contributed by atoms with Gasteiger partial charge < -0.3 is 35.6 Å². The average Bonchev–Trinajstić information content (AvgIpc) is 3.07. The summed E-state index contributed by atoms with van der Waals surface area (Å²) in [7, 11) is 0. The first kappa shape index (κ1) is 25.4. The molecule has 7 heteroatoms. The Hall–Kier alpha value is -0.280. The summed E-state index contributed by atoms with van der Waals surface area (Å²) < 4.78 is 11.9. The second-order valence-electron chi connectivity index (χ2n) is 13.1. The highest BCUT2D eigenvalue weighted by Crippen LogP contribution is 2.69. The summed E-state index contributed by atoms with van der Waals surface area (Å²) in [5.41, 5.74) is 5.89. The molecule has 1 saturated heterocycles. The summed E-state index contributed by atoms with van der Waals surface area (Å²) in [6, 6.07) is 0.120. The SMILES string of the molecule is C[C@@H]1O[C@@H](O[C@H]2CC[C@@]3(C)[C@H](CC[C@@H]4[C@@H]3CC[C@]3(C)[C@@H]([C@@H](C)N)CC[C@]43O)C2)[C@H](O)[C@H](O)[C@H]1O. The summed E-state index contributed by atoms with van der Waals surface area (Å²) in [6.45, 7) is 8.56. The zero-order valence-electron chi connectivity index (χ0n) is 21.4. The lowest BCUT2D eigenvalue weighted by Crippen LogP contribution is -2.63. The van der Waals surface area contributed by atoms with Crippen LogP contribution in [0.25, 0.3) is 0 Å². The van der Waals surface area contributed by atoms with E-state index in [9.17, 15) is 20.4 Å². The maximum Gasteiger partial charge on any atom is 0.186 e. The Labute approximate surface area is 204 Å². The van der Waals surface area contributed by atoms with Crippen LogP contribution in [0.2, 0.25) is 0 Å². The smallest absolute Gasteiger partial charge is 0.186 e. The van der Waals surface area contributed by atoms with Crippen LogP contribution in [0, 0.1) is 34.5 Å². The lowest BCUT2D eigenvalue weighted by molar-refractivity contribution is -0.310. The largest absolute Gasteiger partial charge is 0.389 e. The van der Waals surface area contributed by atoms with Crippen molar-refractivity contribution in [3.8, 4) is 0 Å². The summed E-state index contributed by atoms with van der Waals surface area (Å²) in [4.78, 5) is 0. The van der Waals surface area contributed by atoms with Gasteiger partial charge in [0.2, 0.25) is 0 Å². The molecule has 5 aliphatic rings. The zero-order valence-corrected chi connectivity index (χ0v) is 21.4. The third-order valence-electron chi connectivity index (χ3n) is 11.6. The summed E-state index contributed by atoms with van der Waals surface area (Å²) in [5.74, 6) is 1.77. The molecule has 0 bridgehead atoms. The van der Waals surface area contributed by atoms with Gasteiger partial charge in [0, 0.05) is 11.5 Å². The van der Waals surface area contributed by atoms with Crippen LogP contribution in [0.5, 0.6) is 0 Å². The van der Waals surface area contributed by atoms with E-state index in [2.05, 4.69) is 20.8 Å². The predicted molar refractivity (Wildman–Crippen MR) is 128 cm³/mol. The maximum absolute atomic E-state index is 12.2. The van der Waals surface area contributed by atoms with E-state index in [0.29, 0.717) is 23.7 Å². The Bertz CT molecular complexity index is 765. The second-order valence-corrected chi connectivity index (χ2v) is 13.1. The first-order valence-electron chi connectivity index (χ1n) is 13.8.